The van der Waals surface area contributed by atoms with E-state index in [1.807, 2.05) is 36.4 Å². The van der Waals surface area contributed by atoms with Crippen molar-refractivity contribution in [2.75, 3.05) is 0 Å². The van der Waals surface area contributed by atoms with Crippen LogP contribution in [-0.4, -0.2) is 4.99 Å². The largest absolute Gasteiger partial charge is 0.372 e. The molecule has 17 heavy (non-hydrogen) atoms. The van der Waals surface area contributed by atoms with E-state index in [-0.39, 0.29) is 5.82 Å². The van der Waals surface area contributed by atoms with Crippen LogP contribution in [0.15, 0.2) is 54.6 Å². The van der Waals surface area contributed by atoms with Gasteiger partial charge in [-0.1, -0.05) is 60.7 Å². The van der Waals surface area contributed by atoms with Crippen molar-refractivity contribution >= 4 is 17.2 Å². The highest BCUT2D eigenvalue weighted by Crippen LogP contribution is 2.06. The molecule has 0 radical (unpaired) electrons. The van der Waals surface area contributed by atoms with Crippen molar-refractivity contribution in [3.8, 4) is 0 Å². The lowest BCUT2D eigenvalue weighted by molar-refractivity contribution is 0.606. The number of benzene rings is 2. The topological polar surface area (TPSA) is 12.0 Å². The average molecular weight is 245 g/mol. The summed E-state index contributed by atoms with van der Waals surface area (Å²) in [6.07, 6.45) is 0. The molecule has 0 unspecified atom stereocenters. The average Bonchev–Trinajstić information content (AvgIpc) is 2.38. The van der Waals surface area contributed by atoms with E-state index in [0.717, 1.165) is 5.56 Å². The van der Waals surface area contributed by atoms with E-state index in [2.05, 4.69) is 5.32 Å². The number of hydrogen-bond acceptors (Lipinski definition) is 1. The zero-order valence-electron chi connectivity index (χ0n) is 9.19. The first-order chi connectivity index (χ1) is 8.27. The fourth-order valence-corrected chi connectivity index (χ4v) is 1.72. The maximum absolute atomic E-state index is 13.4. The molecule has 1 nitrogen and oxygen atoms in total. The van der Waals surface area contributed by atoms with Gasteiger partial charge in [-0.2, -0.15) is 0 Å². The van der Waals surface area contributed by atoms with Crippen molar-refractivity contribution in [1.82, 2.24) is 5.32 Å². The molecule has 0 atom stereocenters. The number of nitrogens with one attached hydrogen (secondary N) is 1. The minimum atomic E-state index is -0.212. The third kappa shape index (κ3) is 3.11. The number of hydrogen-bond donors (Lipinski definition) is 1. The van der Waals surface area contributed by atoms with Crippen LogP contribution in [0.5, 0.6) is 0 Å². The lowest BCUT2D eigenvalue weighted by Crippen LogP contribution is -2.22. The molecule has 0 heterocycles. The Kier molecular flexibility index (Phi) is 3.83. The molecule has 0 saturated carbocycles. The summed E-state index contributed by atoms with van der Waals surface area (Å²) in [5, 5.41) is 3.05. The molecule has 3 heteroatoms. The third-order valence-corrected chi connectivity index (χ3v) is 2.81. The number of thiocarbonyl (C=S) groups is 1. The SMILES string of the molecule is Fc1ccccc1CNC(=S)c1ccccc1. The molecular formula is C14H12FNS. The molecular weight excluding hydrogens is 233 g/mol. The highest BCUT2D eigenvalue weighted by atomic mass is 32.1. The first-order valence-corrected chi connectivity index (χ1v) is 5.75. The van der Waals surface area contributed by atoms with Gasteiger partial charge in [0, 0.05) is 17.7 Å². The molecule has 0 aromatic heterocycles. The van der Waals surface area contributed by atoms with E-state index in [9.17, 15) is 4.39 Å². The molecule has 0 saturated heterocycles. The van der Waals surface area contributed by atoms with E-state index >= 15 is 0 Å². The van der Waals surface area contributed by atoms with E-state index in [1.54, 1.807) is 12.1 Å². The highest BCUT2D eigenvalue weighted by Gasteiger charge is 2.02. The maximum atomic E-state index is 13.4. The highest BCUT2D eigenvalue weighted by molar-refractivity contribution is 7.80. The predicted octanol–water partition coefficient (Wildman–Crippen LogP) is 3.29. The fraction of sp³-hybridized carbons (Fsp3) is 0.0714. The van der Waals surface area contributed by atoms with Crippen LogP contribution in [0.4, 0.5) is 4.39 Å². The zero-order chi connectivity index (χ0) is 12.1. The van der Waals surface area contributed by atoms with Crippen molar-refractivity contribution in [2.24, 2.45) is 0 Å². The number of rotatable bonds is 3. The summed E-state index contributed by atoms with van der Waals surface area (Å²) in [6.45, 7) is 0.403. The Morgan fingerprint density at radius 3 is 2.35 bits per heavy atom. The van der Waals surface area contributed by atoms with E-state index in [4.69, 9.17) is 12.2 Å². The van der Waals surface area contributed by atoms with Crippen molar-refractivity contribution in [3.05, 3.63) is 71.5 Å². The maximum Gasteiger partial charge on any atom is 0.128 e. The molecule has 0 bridgehead atoms. The second-order valence-electron chi connectivity index (χ2n) is 3.64. The lowest BCUT2D eigenvalue weighted by Gasteiger charge is -2.08. The van der Waals surface area contributed by atoms with Gasteiger partial charge in [-0.25, -0.2) is 4.39 Å². The Labute approximate surface area is 105 Å². The summed E-state index contributed by atoms with van der Waals surface area (Å²) in [6, 6.07) is 16.3. The number of halogens is 1. The smallest absolute Gasteiger partial charge is 0.128 e. The quantitative estimate of drug-likeness (QED) is 0.833. The van der Waals surface area contributed by atoms with Gasteiger partial charge in [0.25, 0.3) is 0 Å². The van der Waals surface area contributed by atoms with Gasteiger partial charge in [-0.3, -0.25) is 0 Å². The predicted molar refractivity (Wildman–Crippen MR) is 71.4 cm³/mol. The summed E-state index contributed by atoms with van der Waals surface area (Å²) < 4.78 is 13.4. The summed E-state index contributed by atoms with van der Waals surface area (Å²) in [7, 11) is 0. The summed E-state index contributed by atoms with van der Waals surface area (Å²) in [5.41, 5.74) is 1.56. The molecule has 0 amide bonds. The molecule has 2 rings (SSSR count). The first kappa shape index (κ1) is 11.7. The van der Waals surface area contributed by atoms with Gasteiger partial charge in [-0.15, -0.1) is 0 Å². The Balaban J connectivity index is 2.00. The monoisotopic (exact) mass is 245 g/mol. The molecule has 1 N–H and O–H groups in total. The normalized spacial score (nSPS) is 9.94. The lowest BCUT2D eigenvalue weighted by atomic mass is 10.2. The van der Waals surface area contributed by atoms with Crippen LogP contribution in [0, 0.1) is 5.82 Å². The Bertz CT molecular complexity index is 511. The van der Waals surface area contributed by atoms with Crippen LogP contribution < -0.4 is 5.32 Å². The van der Waals surface area contributed by atoms with Crippen molar-refractivity contribution in [2.45, 2.75) is 6.54 Å². The van der Waals surface area contributed by atoms with Gasteiger partial charge in [0.05, 0.1) is 0 Å². The van der Waals surface area contributed by atoms with Crippen LogP contribution in [0.2, 0.25) is 0 Å². The summed E-state index contributed by atoms with van der Waals surface area (Å²) in [5.74, 6) is -0.212. The van der Waals surface area contributed by atoms with Crippen molar-refractivity contribution in [3.63, 3.8) is 0 Å². The Hall–Kier alpha value is -1.74. The van der Waals surface area contributed by atoms with Crippen LogP contribution in [0.25, 0.3) is 0 Å². The van der Waals surface area contributed by atoms with Gasteiger partial charge in [0.2, 0.25) is 0 Å². The minimum Gasteiger partial charge on any atom is -0.372 e. The molecule has 2 aromatic rings. The van der Waals surface area contributed by atoms with Gasteiger partial charge < -0.3 is 5.32 Å². The van der Waals surface area contributed by atoms with E-state index in [0.29, 0.717) is 17.1 Å². The molecule has 0 fully saturated rings. The molecule has 0 aliphatic rings. The van der Waals surface area contributed by atoms with Crippen molar-refractivity contribution < 1.29 is 4.39 Å². The fourth-order valence-electron chi connectivity index (χ4n) is 1.51. The van der Waals surface area contributed by atoms with Gasteiger partial charge >= 0.3 is 0 Å². The van der Waals surface area contributed by atoms with Crippen LogP contribution in [0.3, 0.4) is 0 Å². The van der Waals surface area contributed by atoms with E-state index < -0.39 is 0 Å². The van der Waals surface area contributed by atoms with Gasteiger partial charge in [0.15, 0.2) is 0 Å². The van der Waals surface area contributed by atoms with Gasteiger partial charge in [0.1, 0.15) is 10.8 Å². The molecule has 0 spiro atoms. The van der Waals surface area contributed by atoms with E-state index in [1.165, 1.54) is 6.07 Å². The van der Waals surface area contributed by atoms with Crippen molar-refractivity contribution in [1.29, 1.82) is 0 Å². The van der Waals surface area contributed by atoms with Crippen LogP contribution in [0.1, 0.15) is 11.1 Å². The van der Waals surface area contributed by atoms with Gasteiger partial charge in [-0.05, 0) is 6.07 Å². The Morgan fingerprint density at radius 2 is 1.65 bits per heavy atom. The van der Waals surface area contributed by atoms with Crippen LogP contribution in [-0.2, 0) is 6.54 Å². The second-order valence-corrected chi connectivity index (χ2v) is 4.05. The standard InChI is InChI=1S/C14H12FNS/c15-13-9-5-4-8-12(13)10-16-14(17)11-6-2-1-3-7-11/h1-9H,10H2,(H,16,17). The first-order valence-electron chi connectivity index (χ1n) is 5.34. The molecule has 0 aliphatic heterocycles. The second kappa shape index (κ2) is 5.55. The molecule has 0 aliphatic carbocycles. The molecule has 86 valence electrons. The summed E-state index contributed by atoms with van der Waals surface area (Å²) >= 11 is 5.23. The zero-order valence-corrected chi connectivity index (χ0v) is 10.0. The third-order valence-electron chi connectivity index (χ3n) is 2.43. The minimum absolute atomic E-state index is 0.212. The Morgan fingerprint density at radius 1 is 1.00 bits per heavy atom. The summed E-state index contributed by atoms with van der Waals surface area (Å²) in [4.78, 5) is 0.633. The molecule has 2 aromatic carbocycles. The van der Waals surface area contributed by atoms with Crippen LogP contribution >= 0.6 is 12.2 Å².